The monoisotopic (exact) mass is 351 g/mol. The molecule has 0 aliphatic rings. The number of fused-ring (bicyclic) bond motifs is 1. The number of nitrogens with zero attached hydrogens (tertiary/aromatic N) is 4. The summed E-state index contributed by atoms with van der Waals surface area (Å²) in [5.74, 6) is 0.110. The van der Waals surface area contributed by atoms with E-state index in [0.29, 0.717) is 5.52 Å². The van der Waals surface area contributed by atoms with Crippen LogP contribution >= 0.6 is 0 Å². The first kappa shape index (κ1) is 15.3. The van der Waals surface area contributed by atoms with E-state index in [9.17, 15) is 8.42 Å². The third-order valence-corrected chi connectivity index (χ3v) is 5.05. The molecule has 2 aromatic carbocycles. The molecule has 0 aliphatic carbocycles. The molecule has 1 N–H and O–H groups in total. The number of hydrogen-bond donors (Lipinski definition) is 1. The van der Waals surface area contributed by atoms with Crippen LogP contribution in [0.4, 0.5) is 5.95 Å². The molecule has 0 amide bonds. The second-order valence-corrected chi connectivity index (χ2v) is 6.95. The van der Waals surface area contributed by atoms with Gasteiger partial charge in [-0.3, -0.25) is 9.55 Å². The van der Waals surface area contributed by atoms with Crippen LogP contribution in [0, 0.1) is 0 Å². The van der Waals surface area contributed by atoms with Crippen molar-refractivity contribution in [3.05, 3.63) is 73.2 Å². The van der Waals surface area contributed by atoms with Crippen molar-refractivity contribution in [3.63, 3.8) is 0 Å². The fraction of sp³-hybridized carbons (Fsp3) is 0. The minimum absolute atomic E-state index is 0.0909. The van der Waals surface area contributed by atoms with Crippen LogP contribution in [-0.4, -0.2) is 28.2 Å². The Morgan fingerprint density at radius 3 is 2.56 bits per heavy atom. The fourth-order valence-electron chi connectivity index (χ4n) is 2.55. The molecule has 0 unspecified atom stereocenters. The van der Waals surface area contributed by atoms with Crippen molar-refractivity contribution in [3.8, 4) is 5.69 Å². The Balaban J connectivity index is 1.77. The molecule has 2 aromatic heterocycles. The second-order valence-electron chi connectivity index (χ2n) is 5.30. The highest BCUT2D eigenvalue weighted by atomic mass is 32.2. The minimum atomic E-state index is -3.88. The third-order valence-electron chi connectivity index (χ3n) is 3.69. The van der Waals surface area contributed by atoms with Crippen LogP contribution in [0.15, 0.2) is 78.1 Å². The van der Waals surface area contributed by atoms with Gasteiger partial charge in [-0.1, -0.05) is 36.4 Å². The Labute approximate surface area is 144 Å². The predicted molar refractivity (Wildman–Crippen MR) is 93.9 cm³/mol. The lowest BCUT2D eigenvalue weighted by Gasteiger charge is -2.10. The maximum Gasteiger partial charge on any atom is 0.266 e. The van der Waals surface area contributed by atoms with E-state index in [-0.39, 0.29) is 10.8 Å². The molecule has 8 heteroatoms. The number of rotatable bonds is 4. The molecule has 2 heterocycles. The Morgan fingerprint density at radius 2 is 1.72 bits per heavy atom. The number of para-hydroxylation sites is 2. The van der Waals surface area contributed by atoms with Gasteiger partial charge in [-0.2, -0.15) is 0 Å². The zero-order chi connectivity index (χ0) is 17.3. The summed E-state index contributed by atoms with van der Waals surface area (Å²) in [6.07, 6.45) is 3.02. The smallest absolute Gasteiger partial charge is 0.266 e. The highest BCUT2D eigenvalue weighted by molar-refractivity contribution is 7.93. The highest BCUT2D eigenvalue weighted by Gasteiger charge is 2.21. The molecule has 0 saturated heterocycles. The van der Waals surface area contributed by atoms with E-state index in [1.54, 1.807) is 22.9 Å². The van der Waals surface area contributed by atoms with Crippen molar-refractivity contribution in [2.24, 2.45) is 0 Å². The van der Waals surface area contributed by atoms with Crippen LogP contribution in [0.25, 0.3) is 16.6 Å². The number of benzene rings is 2. The van der Waals surface area contributed by atoms with Crippen molar-refractivity contribution in [2.75, 3.05) is 4.72 Å². The molecule has 0 bridgehead atoms. The maximum atomic E-state index is 12.9. The summed E-state index contributed by atoms with van der Waals surface area (Å²) in [6.45, 7) is 0. The zero-order valence-electron chi connectivity index (χ0n) is 12.9. The predicted octanol–water partition coefficient (Wildman–Crippen LogP) is 2.62. The van der Waals surface area contributed by atoms with Gasteiger partial charge < -0.3 is 0 Å². The molecule has 0 saturated carbocycles. The van der Waals surface area contributed by atoms with E-state index in [0.717, 1.165) is 11.1 Å². The van der Waals surface area contributed by atoms with E-state index in [1.165, 1.54) is 12.4 Å². The van der Waals surface area contributed by atoms with E-state index < -0.39 is 10.0 Å². The molecule has 0 fully saturated rings. The summed E-state index contributed by atoms with van der Waals surface area (Å²) in [4.78, 5) is 4.29. The zero-order valence-corrected chi connectivity index (χ0v) is 13.8. The molecule has 0 atom stereocenters. The number of pyridine rings is 1. The first-order chi connectivity index (χ1) is 12.1. The van der Waals surface area contributed by atoms with Gasteiger partial charge in [0.2, 0.25) is 5.95 Å². The van der Waals surface area contributed by atoms with Crippen molar-refractivity contribution in [2.45, 2.75) is 4.90 Å². The van der Waals surface area contributed by atoms with Crippen molar-refractivity contribution < 1.29 is 8.42 Å². The molecule has 0 aliphatic heterocycles. The Bertz CT molecular complexity index is 1130. The van der Waals surface area contributed by atoms with E-state index in [1.807, 2.05) is 42.5 Å². The molecule has 4 aromatic rings. The third kappa shape index (κ3) is 2.83. The molecule has 25 heavy (non-hydrogen) atoms. The van der Waals surface area contributed by atoms with E-state index in [2.05, 4.69) is 19.9 Å². The maximum absolute atomic E-state index is 12.9. The van der Waals surface area contributed by atoms with Gasteiger partial charge >= 0.3 is 0 Å². The summed E-state index contributed by atoms with van der Waals surface area (Å²) < 4.78 is 29.8. The SMILES string of the molecule is O=S(=O)(Nc1nncn1-c1ccccc1)c1cccc2cccnc12. The van der Waals surface area contributed by atoms with Gasteiger partial charge in [-0.05, 0) is 24.3 Å². The number of anilines is 1. The quantitative estimate of drug-likeness (QED) is 0.610. The topological polar surface area (TPSA) is 89.8 Å². The van der Waals surface area contributed by atoms with Gasteiger partial charge in [0.15, 0.2) is 0 Å². The Morgan fingerprint density at radius 1 is 0.920 bits per heavy atom. The van der Waals surface area contributed by atoms with Gasteiger partial charge in [-0.15, -0.1) is 10.2 Å². The fourth-order valence-corrected chi connectivity index (χ4v) is 3.72. The number of sulfonamides is 1. The average Bonchev–Trinajstić information content (AvgIpc) is 3.09. The van der Waals surface area contributed by atoms with Crippen LogP contribution in [0.2, 0.25) is 0 Å². The van der Waals surface area contributed by atoms with E-state index in [4.69, 9.17) is 0 Å². The summed E-state index contributed by atoms with van der Waals surface area (Å²) in [6, 6.07) is 17.8. The first-order valence-corrected chi connectivity index (χ1v) is 8.95. The molecule has 124 valence electrons. The van der Waals surface area contributed by atoms with Crippen LogP contribution in [0.5, 0.6) is 0 Å². The molecular formula is C17H13N5O2S. The summed E-state index contributed by atoms with van der Waals surface area (Å²) >= 11 is 0. The van der Waals surface area contributed by atoms with Crippen LogP contribution in [-0.2, 0) is 10.0 Å². The standard InChI is InChI=1S/C17H13N5O2S/c23-25(24,15-10-4-6-13-7-5-11-18-16(13)15)21-17-20-19-12-22(17)14-8-2-1-3-9-14/h1-12H,(H,20,21). The van der Waals surface area contributed by atoms with Gasteiger partial charge in [-0.25, -0.2) is 13.1 Å². The number of nitrogens with one attached hydrogen (secondary N) is 1. The highest BCUT2D eigenvalue weighted by Crippen LogP contribution is 2.23. The van der Waals surface area contributed by atoms with Crippen LogP contribution in [0.3, 0.4) is 0 Å². The molecular weight excluding hydrogens is 338 g/mol. The normalized spacial score (nSPS) is 11.5. The molecule has 7 nitrogen and oxygen atoms in total. The first-order valence-electron chi connectivity index (χ1n) is 7.47. The summed E-state index contributed by atoms with van der Waals surface area (Å²) in [5.41, 5.74) is 1.16. The molecule has 0 radical (unpaired) electrons. The second kappa shape index (κ2) is 5.99. The Hall–Kier alpha value is -3.26. The van der Waals surface area contributed by atoms with Gasteiger partial charge in [0, 0.05) is 11.6 Å². The summed E-state index contributed by atoms with van der Waals surface area (Å²) in [5, 5.41) is 8.44. The largest absolute Gasteiger partial charge is 0.267 e. The Kier molecular flexibility index (Phi) is 3.66. The van der Waals surface area contributed by atoms with Gasteiger partial charge in [0.1, 0.15) is 11.2 Å². The van der Waals surface area contributed by atoms with Crippen molar-refractivity contribution in [1.82, 2.24) is 19.7 Å². The number of hydrogen-bond acceptors (Lipinski definition) is 5. The lowest BCUT2D eigenvalue weighted by Crippen LogP contribution is -2.16. The van der Waals surface area contributed by atoms with Crippen LogP contribution in [0.1, 0.15) is 0 Å². The average molecular weight is 351 g/mol. The lowest BCUT2D eigenvalue weighted by atomic mass is 10.2. The lowest BCUT2D eigenvalue weighted by molar-refractivity contribution is 0.601. The van der Waals surface area contributed by atoms with Crippen molar-refractivity contribution >= 4 is 26.9 Å². The molecule has 4 rings (SSSR count). The van der Waals surface area contributed by atoms with Gasteiger partial charge in [0.05, 0.1) is 11.2 Å². The van der Waals surface area contributed by atoms with Crippen LogP contribution < -0.4 is 4.72 Å². The minimum Gasteiger partial charge on any atom is -0.267 e. The van der Waals surface area contributed by atoms with Crippen molar-refractivity contribution in [1.29, 1.82) is 0 Å². The van der Waals surface area contributed by atoms with Gasteiger partial charge in [0.25, 0.3) is 10.0 Å². The summed E-state index contributed by atoms with van der Waals surface area (Å²) in [7, 11) is -3.88. The number of aromatic nitrogens is 4. The van der Waals surface area contributed by atoms with E-state index >= 15 is 0 Å². The molecule has 0 spiro atoms.